The van der Waals surface area contributed by atoms with Gasteiger partial charge in [0.2, 0.25) is 5.91 Å². The summed E-state index contributed by atoms with van der Waals surface area (Å²) in [6, 6.07) is 4.86. The molecule has 0 bridgehead atoms. The summed E-state index contributed by atoms with van der Waals surface area (Å²) in [7, 11) is 1.73. The molecule has 1 atom stereocenters. The van der Waals surface area contributed by atoms with Crippen LogP contribution in [0, 0.1) is 0 Å². The largest absolute Gasteiger partial charge is 0.493 e. The summed E-state index contributed by atoms with van der Waals surface area (Å²) in [5.41, 5.74) is 0.848. The third-order valence-electron chi connectivity index (χ3n) is 3.44. The standard InChI is InChI=1S/C15H20ClN3O3/c1-3-22-13-6-11(16)5-4-10(13)8-17-15(21)18-12-7-14(20)19(2)9-12/h4-6,12H,3,7-9H2,1-2H3,(H2,17,18,21)/t12-/m0/s1. The van der Waals surface area contributed by atoms with Crippen LogP contribution in [0.3, 0.4) is 0 Å². The summed E-state index contributed by atoms with van der Waals surface area (Å²) in [4.78, 5) is 24.9. The van der Waals surface area contributed by atoms with Crippen LogP contribution >= 0.6 is 11.6 Å². The lowest BCUT2D eigenvalue weighted by molar-refractivity contribution is -0.126. The van der Waals surface area contributed by atoms with Crippen molar-refractivity contribution in [2.45, 2.75) is 25.9 Å². The Labute approximate surface area is 134 Å². The zero-order valence-electron chi connectivity index (χ0n) is 12.7. The third-order valence-corrected chi connectivity index (χ3v) is 3.68. The second kappa shape index (κ2) is 7.35. The lowest BCUT2D eigenvalue weighted by atomic mass is 10.2. The second-order valence-electron chi connectivity index (χ2n) is 5.19. The van der Waals surface area contributed by atoms with E-state index in [4.69, 9.17) is 16.3 Å². The molecule has 6 nitrogen and oxygen atoms in total. The summed E-state index contributed by atoms with van der Waals surface area (Å²) in [5, 5.41) is 6.15. The van der Waals surface area contributed by atoms with Crippen molar-refractivity contribution >= 4 is 23.5 Å². The number of hydrogen-bond acceptors (Lipinski definition) is 3. The molecule has 7 heteroatoms. The number of urea groups is 1. The third kappa shape index (κ3) is 4.27. The first-order valence-corrected chi connectivity index (χ1v) is 7.57. The van der Waals surface area contributed by atoms with E-state index in [0.29, 0.717) is 36.9 Å². The molecule has 2 N–H and O–H groups in total. The molecule has 0 aromatic heterocycles. The highest BCUT2D eigenvalue weighted by atomic mass is 35.5. The number of nitrogens with zero attached hydrogens (tertiary/aromatic N) is 1. The van der Waals surface area contributed by atoms with Crippen LogP contribution in [0.1, 0.15) is 18.9 Å². The summed E-state index contributed by atoms with van der Waals surface area (Å²) in [5.74, 6) is 0.702. The van der Waals surface area contributed by atoms with Crippen LogP contribution in [-0.2, 0) is 11.3 Å². The highest BCUT2D eigenvalue weighted by Crippen LogP contribution is 2.23. The van der Waals surface area contributed by atoms with Gasteiger partial charge in [-0.25, -0.2) is 4.79 Å². The number of hydrogen-bond donors (Lipinski definition) is 2. The van der Waals surface area contributed by atoms with Gasteiger partial charge in [0.25, 0.3) is 0 Å². The smallest absolute Gasteiger partial charge is 0.315 e. The quantitative estimate of drug-likeness (QED) is 0.866. The fourth-order valence-corrected chi connectivity index (χ4v) is 2.50. The molecule has 0 aliphatic carbocycles. The molecule has 1 aromatic rings. The van der Waals surface area contributed by atoms with Crippen LogP contribution in [0.5, 0.6) is 5.75 Å². The molecule has 1 saturated heterocycles. The zero-order chi connectivity index (χ0) is 16.1. The first kappa shape index (κ1) is 16.4. The molecule has 0 spiro atoms. The molecule has 1 aliphatic heterocycles. The fourth-order valence-electron chi connectivity index (χ4n) is 2.34. The van der Waals surface area contributed by atoms with Crippen LogP contribution < -0.4 is 15.4 Å². The van der Waals surface area contributed by atoms with Crippen LogP contribution in [-0.4, -0.2) is 43.1 Å². The first-order chi connectivity index (χ1) is 10.5. The molecular weight excluding hydrogens is 306 g/mol. The monoisotopic (exact) mass is 325 g/mol. The first-order valence-electron chi connectivity index (χ1n) is 7.19. The molecule has 22 heavy (non-hydrogen) atoms. The van der Waals surface area contributed by atoms with Crippen molar-refractivity contribution in [2.75, 3.05) is 20.2 Å². The maximum absolute atomic E-state index is 11.9. The number of halogens is 1. The molecule has 0 radical (unpaired) electrons. The fraction of sp³-hybridized carbons (Fsp3) is 0.467. The Kier molecular flexibility index (Phi) is 5.49. The van der Waals surface area contributed by atoms with Crippen molar-refractivity contribution in [3.63, 3.8) is 0 Å². The normalized spacial score (nSPS) is 17.5. The van der Waals surface area contributed by atoms with Gasteiger partial charge in [-0.2, -0.15) is 0 Å². The number of likely N-dealkylation sites (tertiary alicyclic amines) is 1. The minimum Gasteiger partial charge on any atom is -0.493 e. The summed E-state index contributed by atoms with van der Waals surface area (Å²) < 4.78 is 5.50. The Balaban J connectivity index is 1.87. The highest BCUT2D eigenvalue weighted by molar-refractivity contribution is 6.30. The number of likely N-dealkylation sites (N-methyl/N-ethyl adjacent to an activating group) is 1. The number of nitrogens with one attached hydrogen (secondary N) is 2. The molecule has 2 rings (SSSR count). The van der Waals surface area contributed by atoms with Crippen molar-refractivity contribution in [2.24, 2.45) is 0 Å². The Morgan fingerprint density at radius 3 is 2.91 bits per heavy atom. The minimum atomic E-state index is -0.300. The van der Waals surface area contributed by atoms with E-state index in [1.54, 1.807) is 24.1 Å². The van der Waals surface area contributed by atoms with E-state index < -0.39 is 0 Å². The summed E-state index contributed by atoms with van der Waals surface area (Å²) >= 11 is 5.94. The van der Waals surface area contributed by atoms with E-state index in [-0.39, 0.29) is 18.0 Å². The van der Waals surface area contributed by atoms with Gasteiger partial charge < -0.3 is 20.3 Å². The van der Waals surface area contributed by atoms with Gasteiger partial charge in [-0.05, 0) is 19.1 Å². The van der Waals surface area contributed by atoms with Crippen molar-refractivity contribution in [1.29, 1.82) is 0 Å². The van der Waals surface area contributed by atoms with E-state index in [9.17, 15) is 9.59 Å². The lowest BCUT2D eigenvalue weighted by Crippen LogP contribution is -2.42. The van der Waals surface area contributed by atoms with Gasteiger partial charge in [-0.15, -0.1) is 0 Å². The molecule has 1 heterocycles. The van der Waals surface area contributed by atoms with Crippen molar-refractivity contribution in [3.05, 3.63) is 28.8 Å². The molecule has 3 amide bonds. The Hall–Kier alpha value is -1.95. The van der Waals surface area contributed by atoms with E-state index in [1.165, 1.54) is 0 Å². The number of amides is 3. The van der Waals surface area contributed by atoms with Gasteiger partial charge in [0.15, 0.2) is 0 Å². The SMILES string of the molecule is CCOc1cc(Cl)ccc1CNC(=O)N[C@H]1CC(=O)N(C)C1. The van der Waals surface area contributed by atoms with Gasteiger partial charge in [-0.1, -0.05) is 17.7 Å². The predicted molar refractivity (Wildman–Crippen MR) is 84.0 cm³/mol. The average molecular weight is 326 g/mol. The summed E-state index contributed by atoms with van der Waals surface area (Å²) in [6.07, 6.45) is 0.342. The molecule has 1 fully saturated rings. The van der Waals surface area contributed by atoms with Crippen LogP contribution in [0.4, 0.5) is 4.79 Å². The van der Waals surface area contributed by atoms with E-state index in [0.717, 1.165) is 5.56 Å². The molecule has 1 aromatic carbocycles. The van der Waals surface area contributed by atoms with Crippen LogP contribution in [0.15, 0.2) is 18.2 Å². The van der Waals surface area contributed by atoms with Crippen molar-refractivity contribution in [1.82, 2.24) is 15.5 Å². The predicted octanol–water partition coefficient (Wildman–Crippen LogP) is 1.77. The zero-order valence-corrected chi connectivity index (χ0v) is 13.4. The molecule has 1 aliphatic rings. The summed E-state index contributed by atoms with van der Waals surface area (Å²) in [6.45, 7) is 3.28. The molecule has 0 saturated carbocycles. The maximum Gasteiger partial charge on any atom is 0.315 e. The molecule has 120 valence electrons. The average Bonchev–Trinajstić information content (AvgIpc) is 2.76. The second-order valence-corrected chi connectivity index (χ2v) is 5.62. The number of carbonyl (C=O) groups is 2. The Bertz CT molecular complexity index is 565. The Morgan fingerprint density at radius 2 is 2.27 bits per heavy atom. The van der Waals surface area contributed by atoms with Crippen molar-refractivity contribution < 1.29 is 14.3 Å². The Morgan fingerprint density at radius 1 is 1.50 bits per heavy atom. The van der Waals surface area contributed by atoms with Crippen molar-refractivity contribution in [3.8, 4) is 5.75 Å². The van der Waals surface area contributed by atoms with Gasteiger partial charge in [0.05, 0.1) is 12.6 Å². The molecular formula is C15H20ClN3O3. The van der Waals surface area contributed by atoms with Crippen LogP contribution in [0.2, 0.25) is 5.02 Å². The van der Waals surface area contributed by atoms with E-state index in [1.807, 2.05) is 13.0 Å². The van der Waals surface area contributed by atoms with Crippen LogP contribution in [0.25, 0.3) is 0 Å². The maximum atomic E-state index is 11.9. The lowest BCUT2D eigenvalue weighted by Gasteiger charge is -2.15. The topological polar surface area (TPSA) is 70.7 Å². The van der Waals surface area contributed by atoms with Gasteiger partial charge >= 0.3 is 6.03 Å². The minimum absolute atomic E-state index is 0.0432. The van der Waals surface area contributed by atoms with Gasteiger partial charge in [0, 0.05) is 37.1 Å². The molecule has 0 unspecified atom stereocenters. The van der Waals surface area contributed by atoms with E-state index >= 15 is 0 Å². The van der Waals surface area contributed by atoms with E-state index in [2.05, 4.69) is 10.6 Å². The number of carbonyl (C=O) groups excluding carboxylic acids is 2. The highest BCUT2D eigenvalue weighted by Gasteiger charge is 2.27. The number of ether oxygens (including phenoxy) is 1. The van der Waals surface area contributed by atoms with Gasteiger partial charge in [-0.3, -0.25) is 4.79 Å². The van der Waals surface area contributed by atoms with Gasteiger partial charge in [0.1, 0.15) is 5.75 Å². The number of benzene rings is 1. The number of rotatable bonds is 5.